The zero-order valence-electron chi connectivity index (χ0n) is 10.5. The minimum atomic E-state index is -0.405. The van der Waals surface area contributed by atoms with Gasteiger partial charge in [0.1, 0.15) is 0 Å². The number of carbonyl (C=O) groups excluding carboxylic acids is 1. The number of likely N-dealkylation sites (tertiary alicyclic amines) is 1. The average Bonchev–Trinajstić information content (AvgIpc) is 2.75. The van der Waals surface area contributed by atoms with Gasteiger partial charge in [0.2, 0.25) is 5.91 Å². The molecule has 2 N–H and O–H groups in total. The third kappa shape index (κ3) is 2.66. The first-order valence-electron chi connectivity index (χ1n) is 6.12. The van der Waals surface area contributed by atoms with Crippen LogP contribution in [0.25, 0.3) is 0 Å². The molecule has 1 amide bonds. The minimum Gasteiger partial charge on any atom is -0.341 e. The second kappa shape index (κ2) is 4.87. The minimum absolute atomic E-state index is 0.0469. The van der Waals surface area contributed by atoms with Crippen molar-refractivity contribution >= 4 is 5.91 Å². The first-order chi connectivity index (χ1) is 8.08. The van der Waals surface area contributed by atoms with Gasteiger partial charge in [-0.15, -0.1) is 0 Å². The maximum absolute atomic E-state index is 11.9. The highest BCUT2D eigenvalue weighted by Gasteiger charge is 2.27. The lowest BCUT2D eigenvalue weighted by Gasteiger charge is -2.33. The molecule has 2 rings (SSSR count). The SMILES string of the molecule is C[C@@H](N)C(=O)N1CCC[C@H](c2ccn(C)n2)C1. The predicted octanol–water partition coefficient (Wildman–Crippen LogP) is 0.473. The topological polar surface area (TPSA) is 64.2 Å². The van der Waals surface area contributed by atoms with E-state index >= 15 is 0 Å². The van der Waals surface area contributed by atoms with Crippen molar-refractivity contribution in [1.82, 2.24) is 14.7 Å². The van der Waals surface area contributed by atoms with Crippen molar-refractivity contribution < 1.29 is 4.79 Å². The summed E-state index contributed by atoms with van der Waals surface area (Å²) < 4.78 is 1.81. The van der Waals surface area contributed by atoms with E-state index in [1.54, 1.807) is 6.92 Å². The molecule has 1 aliphatic heterocycles. The second-order valence-corrected chi connectivity index (χ2v) is 4.83. The molecule has 0 spiro atoms. The second-order valence-electron chi connectivity index (χ2n) is 4.83. The van der Waals surface area contributed by atoms with Gasteiger partial charge in [-0.3, -0.25) is 9.48 Å². The standard InChI is InChI=1S/C12H20N4O/c1-9(13)12(17)16-6-3-4-10(8-16)11-5-7-15(2)14-11/h5,7,9-10H,3-4,6,8,13H2,1-2H3/t9-,10+/m1/s1. The summed E-state index contributed by atoms with van der Waals surface area (Å²) in [5.41, 5.74) is 6.72. The van der Waals surface area contributed by atoms with Gasteiger partial charge in [0.05, 0.1) is 11.7 Å². The van der Waals surface area contributed by atoms with Gasteiger partial charge in [-0.05, 0) is 25.8 Å². The first kappa shape index (κ1) is 12.1. The molecule has 1 saturated heterocycles. The summed E-state index contributed by atoms with van der Waals surface area (Å²) in [7, 11) is 1.91. The number of carbonyl (C=O) groups is 1. The number of hydrogen-bond donors (Lipinski definition) is 1. The third-order valence-electron chi connectivity index (χ3n) is 3.28. The van der Waals surface area contributed by atoms with E-state index in [1.165, 1.54) is 0 Å². The molecule has 5 nitrogen and oxygen atoms in total. The molecule has 2 heterocycles. The fraction of sp³-hybridized carbons (Fsp3) is 0.667. The van der Waals surface area contributed by atoms with Crippen LogP contribution in [0.4, 0.5) is 0 Å². The number of amides is 1. The monoisotopic (exact) mass is 236 g/mol. The lowest BCUT2D eigenvalue weighted by Crippen LogP contribution is -2.46. The summed E-state index contributed by atoms with van der Waals surface area (Å²) in [5.74, 6) is 0.401. The van der Waals surface area contributed by atoms with Crippen LogP contribution in [0, 0.1) is 0 Å². The molecule has 2 atom stereocenters. The zero-order valence-corrected chi connectivity index (χ0v) is 10.5. The molecule has 5 heteroatoms. The quantitative estimate of drug-likeness (QED) is 0.812. The van der Waals surface area contributed by atoms with Crippen molar-refractivity contribution in [1.29, 1.82) is 0 Å². The van der Waals surface area contributed by atoms with Gasteiger partial charge >= 0.3 is 0 Å². The molecule has 17 heavy (non-hydrogen) atoms. The number of aromatic nitrogens is 2. The van der Waals surface area contributed by atoms with Gasteiger partial charge in [0.15, 0.2) is 0 Å². The van der Waals surface area contributed by atoms with Crippen LogP contribution in [0.2, 0.25) is 0 Å². The summed E-state index contributed by atoms with van der Waals surface area (Å²) in [4.78, 5) is 13.7. The molecule has 0 saturated carbocycles. The lowest BCUT2D eigenvalue weighted by molar-refractivity contribution is -0.133. The molecular weight excluding hydrogens is 216 g/mol. The van der Waals surface area contributed by atoms with Crippen LogP contribution in [0.15, 0.2) is 12.3 Å². The molecule has 0 aromatic carbocycles. The molecule has 1 fully saturated rings. The molecule has 0 radical (unpaired) electrons. The van der Waals surface area contributed by atoms with Crippen LogP contribution >= 0.6 is 0 Å². The number of aryl methyl sites for hydroxylation is 1. The Hall–Kier alpha value is -1.36. The predicted molar refractivity (Wildman–Crippen MR) is 65.4 cm³/mol. The van der Waals surface area contributed by atoms with Gasteiger partial charge in [-0.1, -0.05) is 0 Å². The van der Waals surface area contributed by atoms with Crippen molar-refractivity contribution in [2.75, 3.05) is 13.1 Å². The largest absolute Gasteiger partial charge is 0.341 e. The maximum Gasteiger partial charge on any atom is 0.239 e. The van der Waals surface area contributed by atoms with Gasteiger partial charge in [-0.2, -0.15) is 5.10 Å². The van der Waals surface area contributed by atoms with Crippen LogP contribution in [0.5, 0.6) is 0 Å². The molecule has 1 aromatic rings. The van der Waals surface area contributed by atoms with E-state index in [-0.39, 0.29) is 5.91 Å². The normalized spacial score (nSPS) is 22.5. The van der Waals surface area contributed by atoms with Crippen molar-refractivity contribution in [2.24, 2.45) is 12.8 Å². The van der Waals surface area contributed by atoms with E-state index in [0.29, 0.717) is 5.92 Å². The molecule has 0 aliphatic carbocycles. The van der Waals surface area contributed by atoms with Crippen LogP contribution in [0.1, 0.15) is 31.4 Å². The van der Waals surface area contributed by atoms with Gasteiger partial charge in [0, 0.05) is 32.3 Å². The Kier molecular flexibility index (Phi) is 3.47. The molecule has 1 aliphatic rings. The van der Waals surface area contributed by atoms with Crippen molar-refractivity contribution in [3.05, 3.63) is 18.0 Å². The lowest BCUT2D eigenvalue weighted by atomic mass is 9.94. The fourth-order valence-corrected chi connectivity index (χ4v) is 2.36. The van der Waals surface area contributed by atoms with Crippen LogP contribution in [0.3, 0.4) is 0 Å². The molecular formula is C12H20N4O. The van der Waals surface area contributed by atoms with E-state index in [0.717, 1.165) is 31.6 Å². The molecule has 1 aromatic heterocycles. The van der Waals surface area contributed by atoms with Crippen molar-refractivity contribution in [3.63, 3.8) is 0 Å². The summed E-state index contributed by atoms with van der Waals surface area (Å²) in [6, 6.07) is 1.63. The Morgan fingerprint density at radius 1 is 1.65 bits per heavy atom. The smallest absolute Gasteiger partial charge is 0.239 e. The Labute approximate surface area is 102 Å². The number of nitrogens with two attached hydrogens (primary N) is 1. The Balaban J connectivity index is 2.04. The van der Waals surface area contributed by atoms with E-state index < -0.39 is 6.04 Å². The van der Waals surface area contributed by atoms with Gasteiger partial charge in [-0.25, -0.2) is 0 Å². The van der Waals surface area contributed by atoms with Crippen LogP contribution < -0.4 is 5.73 Å². The van der Waals surface area contributed by atoms with E-state index in [4.69, 9.17) is 5.73 Å². The number of piperidine rings is 1. The fourth-order valence-electron chi connectivity index (χ4n) is 2.36. The maximum atomic E-state index is 11.9. The Bertz CT molecular complexity index is 399. The number of rotatable bonds is 2. The van der Waals surface area contributed by atoms with Crippen molar-refractivity contribution in [3.8, 4) is 0 Å². The summed E-state index contributed by atoms with van der Waals surface area (Å²) in [6.07, 6.45) is 4.07. The highest BCUT2D eigenvalue weighted by Crippen LogP contribution is 2.25. The first-order valence-corrected chi connectivity index (χ1v) is 6.12. The van der Waals surface area contributed by atoms with Crippen LogP contribution in [-0.4, -0.2) is 39.7 Å². The summed E-state index contributed by atoms with van der Waals surface area (Å²) in [5, 5.41) is 4.42. The van der Waals surface area contributed by atoms with Crippen molar-refractivity contribution in [2.45, 2.75) is 31.7 Å². The Morgan fingerprint density at radius 2 is 2.41 bits per heavy atom. The number of nitrogens with zero attached hydrogens (tertiary/aromatic N) is 3. The van der Waals surface area contributed by atoms with Gasteiger partial charge in [0.25, 0.3) is 0 Å². The molecule has 0 bridgehead atoms. The van der Waals surface area contributed by atoms with E-state index in [9.17, 15) is 4.79 Å². The van der Waals surface area contributed by atoms with E-state index in [2.05, 4.69) is 5.10 Å². The third-order valence-corrected chi connectivity index (χ3v) is 3.28. The van der Waals surface area contributed by atoms with Gasteiger partial charge < -0.3 is 10.6 Å². The highest BCUT2D eigenvalue weighted by molar-refractivity contribution is 5.81. The average molecular weight is 236 g/mol. The zero-order chi connectivity index (χ0) is 12.4. The number of hydrogen-bond acceptors (Lipinski definition) is 3. The Morgan fingerprint density at radius 3 is 3.00 bits per heavy atom. The molecule has 0 unspecified atom stereocenters. The summed E-state index contributed by atoms with van der Waals surface area (Å²) in [6.45, 7) is 3.31. The highest BCUT2D eigenvalue weighted by atomic mass is 16.2. The summed E-state index contributed by atoms with van der Waals surface area (Å²) >= 11 is 0. The van der Waals surface area contributed by atoms with E-state index in [1.807, 2.05) is 28.9 Å². The van der Waals surface area contributed by atoms with Crippen LogP contribution in [-0.2, 0) is 11.8 Å². The molecule has 94 valence electrons.